The monoisotopic (exact) mass is 642 g/mol. The molecule has 1 aliphatic rings. The number of nitrogens with one attached hydrogen (secondary N) is 4. The van der Waals surface area contributed by atoms with E-state index >= 15 is 0 Å². The van der Waals surface area contributed by atoms with Crippen LogP contribution in [-0.2, 0) is 25.9 Å². The zero-order chi connectivity index (χ0) is 33.1. The van der Waals surface area contributed by atoms with Crippen LogP contribution < -0.4 is 21.3 Å². The molecule has 1 aromatic carbocycles. The van der Waals surface area contributed by atoms with Crippen molar-refractivity contribution in [3.8, 4) is 0 Å². The Hall–Kier alpha value is -5.74. The number of aromatic nitrogens is 5. The van der Waals surface area contributed by atoms with E-state index in [9.17, 15) is 19.2 Å². The summed E-state index contributed by atoms with van der Waals surface area (Å²) in [5, 5.41) is 18.8. The number of carbonyl (C=O) groups excluding carboxylic acids is 4. The second kappa shape index (κ2) is 13.3. The maximum absolute atomic E-state index is 13.1. The van der Waals surface area contributed by atoms with Gasteiger partial charge in [0.25, 0.3) is 23.6 Å². The molecule has 4 amide bonds. The van der Waals surface area contributed by atoms with Crippen LogP contribution in [0.1, 0.15) is 41.8 Å². The lowest BCUT2D eigenvalue weighted by atomic mass is 10.2. The fourth-order valence-electron chi connectivity index (χ4n) is 5.34. The molecule has 1 aliphatic heterocycles. The van der Waals surface area contributed by atoms with Gasteiger partial charge in [0, 0.05) is 71.5 Å². The summed E-state index contributed by atoms with van der Waals surface area (Å²) in [5.41, 5.74) is 3.60. The number of fused-ring (bicyclic) bond motifs is 1. The Morgan fingerprint density at radius 2 is 1.19 bits per heavy atom. The molecule has 1 saturated heterocycles. The first-order chi connectivity index (χ1) is 22.6. The largest absolute Gasteiger partial charge is 0.379 e. The molecule has 0 saturated carbocycles. The van der Waals surface area contributed by atoms with E-state index in [0.717, 1.165) is 19.6 Å². The number of aryl methyl sites for hydroxylation is 3. The number of amides is 4. The molecule has 16 nitrogen and oxygen atoms in total. The van der Waals surface area contributed by atoms with Gasteiger partial charge in [0.2, 0.25) is 0 Å². The van der Waals surface area contributed by atoms with E-state index in [0.29, 0.717) is 64.8 Å². The summed E-state index contributed by atoms with van der Waals surface area (Å²) >= 11 is 0. The highest BCUT2D eigenvalue weighted by atomic mass is 16.6. The summed E-state index contributed by atoms with van der Waals surface area (Å²) in [7, 11) is 5.10. The minimum Gasteiger partial charge on any atom is -0.379 e. The molecule has 5 heterocycles. The Bertz CT molecular complexity index is 1960. The Morgan fingerprint density at radius 1 is 0.681 bits per heavy atom. The smallest absolute Gasteiger partial charge is 0.272 e. The van der Waals surface area contributed by atoms with Gasteiger partial charge in [-0.15, -0.1) is 0 Å². The van der Waals surface area contributed by atoms with Gasteiger partial charge in [0.1, 0.15) is 28.1 Å². The molecule has 0 aliphatic carbocycles. The van der Waals surface area contributed by atoms with Crippen LogP contribution in [0.2, 0.25) is 0 Å². The van der Waals surface area contributed by atoms with Crippen molar-refractivity contribution in [2.75, 3.05) is 55.3 Å². The number of hydrogen-bond acceptors (Lipinski definition) is 9. The van der Waals surface area contributed by atoms with Gasteiger partial charge in [0.15, 0.2) is 0 Å². The van der Waals surface area contributed by atoms with Gasteiger partial charge in [-0.2, -0.15) is 0 Å². The highest BCUT2D eigenvalue weighted by molar-refractivity contribution is 6.09. The molecule has 5 aromatic rings. The van der Waals surface area contributed by atoms with Gasteiger partial charge in [0.05, 0.1) is 30.3 Å². The molecule has 244 valence electrons. The summed E-state index contributed by atoms with van der Waals surface area (Å²) in [6.07, 6.45) is 4.90. The number of carbonyl (C=O) groups is 4. The molecule has 4 aromatic heterocycles. The quantitative estimate of drug-likeness (QED) is 0.177. The van der Waals surface area contributed by atoms with Crippen molar-refractivity contribution in [3.05, 3.63) is 77.6 Å². The van der Waals surface area contributed by atoms with Gasteiger partial charge in [-0.1, -0.05) is 0 Å². The highest BCUT2D eigenvalue weighted by Gasteiger charge is 2.20. The van der Waals surface area contributed by atoms with Crippen LogP contribution in [-0.4, -0.2) is 91.9 Å². The molecular weight excluding hydrogens is 608 g/mol. The average Bonchev–Trinajstić information content (AvgIpc) is 3.83. The number of benzene rings is 1. The topological polar surface area (TPSA) is 183 Å². The van der Waals surface area contributed by atoms with E-state index in [1.54, 1.807) is 89.8 Å². The fraction of sp³-hybridized carbons (Fsp3) is 0.290. The Kier molecular flexibility index (Phi) is 8.86. The first kappa shape index (κ1) is 31.3. The van der Waals surface area contributed by atoms with Crippen LogP contribution >= 0.6 is 0 Å². The van der Waals surface area contributed by atoms with Crippen molar-refractivity contribution < 1.29 is 28.5 Å². The third-order valence-corrected chi connectivity index (χ3v) is 7.82. The van der Waals surface area contributed by atoms with Crippen molar-refractivity contribution in [3.63, 3.8) is 0 Å². The molecule has 0 spiro atoms. The molecule has 6 rings (SSSR count). The molecule has 4 N–H and O–H groups in total. The fourth-order valence-corrected chi connectivity index (χ4v) is 5.34. The SMILES string of the molecule is Cn1cc(NC(=O)c2cc(NC(=O)c3cc(NC(=O)c4ccc5nonc5c4)cn3C)cn2C)cc1C(=O)NCCN1CCOCC1. The first-order valence-electron chi connectivity index (χ1n) is 14.9. The molecule has 47 heavy (non-hydrogen) atoms. The Labute approximate surface area is 268 Å². The molecule has 1 fully saturated rings. The summed E-state index contributed by atoms with van der Waals surface area (Å²) in [6, 6.07) is 9.50. The second-order valence-corrected chi connectivity index (χ2v) is 11.2. The molecule has 0 radical (unpaired) electrons. The van der Waals surface area contributed by atoms with Crippen molar-refractivity contribution in [2.24, 2.45) is 21.1 Å². The predicted molar refractivity (Wildman–Crippen MR) is 171 cm³/mol. The normalized spacial score (nSPS) is 13.4. The van der Waals surface area contributed by atoms with E-state index < -0.39 is 11.8 Å². The molecule has 16 heteroatoms. The van der Waals surface area contributed by atoms with E-state index in [4.69, 9.17) is 4.74 Å². The number of morpholine rings is 1. The standard InChI is InChI=1S/C31H34N10O6/c1-38-17-21(13-25(38)29(43)32-6-7-41-8-10-46-11-9-41)34-31(45)27-15-22(18-40(27)3)35-30(44)26-14-20(16-39(26)2)33-28(42)19-4-5-23-24(12-19)37-47-36-23/h4-5,12-18H,6-11H2,1-3H3,(H,32,43)(H,33,42)(H,34,45)(H,35,44). The van der Waals surface area contributed by atoms with Crippen LogP contribution in [0.5, 0.6) is 0 Å². The minimum atomic E-state index is -0.437. The summed E-state index contributed by atoms with van der Waals surface area (Å²) < 4.78 is 14.9. The van der Waals surface area contributed by atoms with Gasteiger partial charge in [-0.3, -0.25) is 24.1 Å². The zero-order valence-corrected chi connectivity index (χ0v) is 26.1. The zero-order valence-electron chi connectivity index (χ0n) is 26.1. The number of ether oxygens (including phenoxy) is 1. The number of nitrogens with zero attached hydrogens (tertiary/aromatic N) is 6. The van der Waals surface area contributed by atoms with E-state index in [-0.39, 0.29) is 17.5 Å². The van der Waals surface area contributed by atoms with Gasteiger partial charge in [-0.05, 0) is 46.7 Å². The summed E-state index contributed by atoms with van der Waals surface area (Å²) in [6.45, 7) is 4.32. The van der Waals surface area contributed by atoms with E-state index in [1.165, 1.54) is 0 Å². The molecule has 0 unspecified atom stereocenters. The van der Waals surface area contributed by atoms with Crippen molar-refractivity contribution in [1.82, 2.24) is 34.2 Å². The number of anilines is 3. The van der Waals surface area contributed by atoms with E-state index in [2.05, 4.69) is 41.1 Å². The maximum Gasteiger partial charge on any atom is 0.272 e. The van der Waals surface area contributed by atoms with Crippen LogP contribution in [0.3, 0.4) is 0 Å². The van der Waals surface area contributed by atoms with Gasteiger partial charge in [-0.25, -0.2) is 4.63 Å². The number of rotatable bonds is 10. The van der Waals surface area contributed by atoms with Crippen molar-refractivity contribution >= 4 is 51.7 Å². The van der Waals surface area contributed by atoms with E-state index in [1.807, 2.05) is 0 Å². The van der Waals surface area contributed by atoms with Gasteiger partial charge < -0.3 is 39.7 Å². The predicted octanol–water partition coefficient (Wildman–Crippen LogP) is 2.06. The van der Waals surface area contributed by atoms with Crippen molar-refractivity contribution in [2.45, 2.75) is 0 Å². The summed E-state index contributed by atoms with van der Waals surface area (Å²) in [4.78, 5) is 54.1. The first-order valence-corrected chi connectivity index (χ1v) is 14.9. The Balaban J connectivity index is 1.04. The molecule has 0 atom stereocenters. The lowest BCUT2D eigenvalue weighted by Gasteiger charge is -2.26. The van der Waals surface area contributed by atoms with Crippen molar-refractivity contribution in [1.29, 1.82) is 0 Å². The van der Waals surface area contributed by atoms with Crippen LogP contribution in [0.4, 0.5) is 17.1 Å². The second-order valence-electron chi connectivity index (χ2n) is 11.2. The third-order valence-electron chi connectivity index (χ3n) is 7.82. The third kappa shape index (κ3) is 7.08. The lowest BCUT2D eigenvalue weighted by molar-refractivity contribution is 0.0383. The maximum atomic E-state index is 13.1. The van der Waals surface area contributed by atoms with Crippen LogP contribution in [0.25, 0.3) is 11.0 Å². The Morgan fingerprint density at radius 3 is 1.77 bits per heavy atom. The molecule has 0 bridgehead atoms. The van der Waals surface area contributed by atoms with Crippen LogP contribution in [0, 0.1) is 0 Å². The van der Waals surface area contributed by atoms with Gasteiger partial charge >= 0.3 is 0 Å². The average molecular weight is 643 g/mol. The highest BCUT2D eigenvalue weighted by Crippen LogP contribution is 2.20. The minimum absolute atomic E-state index is 0.237. The number of hydrogen-bond donors (Lipinski definition) is 4. The molecular formula is C31H34N10O6. The van der Waals surface area contributed by atoms with Crippen LogP contribution in [0.15, 0.2) is 59.6 Å². The summed E-state index contributed by atoms with van der Waals surface area (Å²) in [5.74, 6) is -1.48. The lowest BCUT2D eigenvalue weighted by Crippen LogP contribution is -2.41.